The van der Waals surface area contributed by atoms with Crippen molar-refractivity contribution in [3.05, 3.63) is 0 Å². The van der Waals surface area contributed by atoms with E-state index in [-0.39, 0.29) is 25.7 Å². The SMILES string of the molecule is CCCCCCCCCCCCCCCCCCCC(=O)O[C@H](COC(=O)CCCCCCCCCCCCCCCC(C)C)COP(=O)(O)OC[C@@H](O)COP(=O)(O)OC[C@@H](COC(=O)CCCCCCCCCCCCCCC)OC(=O)CCCCCCCCCCCCCCCC. The van der Waals surface area contributed by atoms with E-state index >= 15 is 0 Å². The van der Waals surface area contributed by atoms with Crippen LogP contribution in [0.25, 0.3) is 0 Å². The maximum absolute atomic E-state index is 13.1. The van der Waals surface area contributed by atoms with E-state index in [1.165, 1.54) is 257 Å². The van der Waals surface area contributed by atoms with Gasteiger partial charge in [0.15, 0.2) is 12.2 Å². The van der Waals surface area contributed by atoms with Crippen molar-refractivity contribution in [3.8, 4) is 0 Å². The Hall–Kier alpha value is -1.94. The molecule has 19 heteroatoms. The summed E-state index contributed by atoms with van der Waals surface area (Å²) in [7, 11) is -9.92. The van der Waals surface area contributed by atoms with Crippen molar-refractivity contribution in [1.82, 2.24) is 0 Å². The van der Waals surface area contributed by atoms with Crippen LogP contribution in [0.2, 0.25) is 0 Å². The van der Waals surface area contributed by atoms with Crippen LogP contribution in [0, 0.1) is 5.92 Å². The van der Waals surface area contributed by atoms with Gasteiger partial charge >= 0.3 is 39.5 Å². The molecule has 0 aliphatic rings. The van der Waals surface area contributed by atoms with Crippen molar-refractivity contribution < 1.29 is 80.2 Å². The van der Waals surface area contributed by atoms with Gasteiger partial charge in [-0.3, -0.25) is 37.3 Å². The average Bonchev–Trinajstić information content (AvgIpc) is 0.954. The average molecular weight is 1470 g/mol. The molecule has 2 unspecified atom stereocenters. The third-order valence-corrected chi connectivity index (χ3v) is 20.9. The van der Waals surface area contributed by atoms with Gasteiger partial charge in [0.05, 0.1) is 26.4 Å². The number of phosphoric ester groups is 2. The number of aliphatic hydroxyl groups is 1. The Balaban J connectivity index is 5.26. The maximum Gasteiger partial charge on any atom is 0.472 e. The predicted octanol–water partition coefficient (Wildman–Crippen LogP) is 24.4. The fourth-order valence-electron chi connectivity index (χ4n) is 12.6. The molecule has 3 N–H and O–H groups in total. The van der Waals surface area contributed by atoms with E-state index in [1.54, 1.807) is 0 Å². The van der Waals surface area contributed by atoms with Crippen LogP contribution in [0.15, 0.2) is 0 Å². The van der Waals surface area contributed by atoms with E-state index in [2.05, 4.69) is 34.6 Å². The number of unbranched alkanes of at least 4 members (excludes halogenated alkanes) is 53. The molecule has 0 aliphatic carbocycles. The lowest BCUT2D eigenvalue weighted by atomic mass is 10.0. The summed E-state index contributed by atoms with van der Waals surface area (Å²) in [6.45, 7) is 7.36. The quantitative estimate of drug-likeness (QED) is 0.0222. The Morgan fingerprint density at radius 3 is 0.680 bits per heavy atom. The fourth-order valence-corrected chi connectivity index (χ4v) is 14.2. The number of hydrogen-bond acceptors (Lipinski definition) is 15. The smallest absolute Gasteiger partial charge is 0.462 e. The number of aliphatic hydroxyl groups excluding tert-OH is 1. The van der Waals surface area contributed by atoms with Crippen LogP contribution in [0.1, 0.15) is 433 Å². The number of hydrogen-bond donors (Lipinski definition) is 3. The molecule has 0 radical (unpaired) electrons. The van der Waals surface area contributed by atoms with Crippen LogP contribution in [0.4, 0.5) is 0 Å². The molecule has 594 valence electrons. The molecular formula is C81H158O17P2. The molecule has 0 aromatic carbocycles. The lowest BCUT2D eigenvalue weighted by Gasteiger charge is -2.21. The van der Waals surface area contributed by atoms with Crippen LogP contribution in [0.5, 0.6) is 0 Å². The molecule has 0 aliphatic heterocycles. The van der Waals surface area contributed by atoms with Crippen LogP contribution < -0.4 is 0 Å². The lowest BCUT2D eigenvalue weighted by molar-refractivity contribution is -0.161. The standard InChI is InChI=1S/C81H158O17P2/c1-6-9-12-15-18-21-24-27-29-30-31-36-42-47-52-57-62-67-81(86)98-77(71-92-79(84)65-60-55-50-45-40-37-32-34-38-43-48-53-58-63-74(4)5)73-96-100(89,90)94-69-75(82)68-93-99(87,88)95-72-76(70-91-78(83)64-59-54-49-44-39-33-26-23-20-17-14-11-8-3)97-80(85)66-61-56-51-46-41-35-28-25-22-19-16-13-10-7-2/h74-77,82H,6-73H2,1-5H3,(H,87,88)(H,89,90)/t75-,76+,77+/m0/s1. The van der Waals surface area contributed by atoms with Crippen molar-refractivity contribution in [3.63, 3.8) is 0 Å². The highest BCUT2D eigenvalue weighted by atomic mass is 31.2. The van der Waals surface area contributed by atoms with Gasteiger partial charge in [-0.15, -0.1) is 0 Å². The summed E-state index contributed by atoms with van der Waals surface area (Å²) in [5, 5.41) is 10.6. The Bertz CT molecular complexity index is 1910. The monoisotopic (exact) mass is 1470 g/mol. The van der Waals surface area contributed by atoms with Gasteiger partial charge in [0.25, 0.3) is 0 Å². The van der Waals surface area contributed by atoms with Crippen LogP contribution in [0.3, 0.4) is 0 Å². The summed E-state index contributed by atoms with van der Waals surface area (Å²) < 4.78 is 68.8. The molecule has 0 spiro atoms. The van der Waals surface area contributed by atoms with Gasteiger partial charge in [-0.2, -0.15) is 0 Å². The van der Waals surface area contributed by atoms with Gasteiger partial charge in [0.2, 0.25) is 0 Å². The number of carbonyl (C=O) groups is 4. The molecule has 0 rings (SSSR count). The first kappa shape index (κ1) is 98.1. The largest absolute Gasteiger partial charge is 0.472 e. The predicted molar refractivity (Wildman–Crippen MR) is 409 cm³/mol. The Morgan fingerprint density at radius 1 is 0.270 bits per heavy atom. The van der Waals surface area contributed by atoms with Crippen molar-refractivity contribution in [2.45, 2.75) is 451 Å². The summed E-state index contributed by atoms with van der Waals surface area (Å²) in [6, 6.07) is 0. The molecule has 5 atom stereocenters. The van der Waals surface area contributed by atoms with Gasteiger partial charge in [-0.05, 0) is 31.6 Å². The molecule has 0 fully saturated rings. The normalized spacial score (nSPS) is 13.8. The van der Waals surface area contributed by atoms with Crippen molar-refractivity contribution in [2.75, 3.05) is 39.6 Å². The molecule has 0 heterocycles. The summed E-state index contributed by atoms with van der Waals surface area (Å²) in [5.41, 5.74) is 0. The van der Waals surface area contributed by atoms with E-state index in [0.717, 1.165) is 95.8 Å². The number of esters is 4. The topological polar surface area (TPSA) is 237 Å². The second-order valence-corrected chi connectivity index (χ2v) is 32.5. The second-order valence-electron chi connectivity index (χ2n) is 29.6. The molecule has 0 saturated carbocycles. The summed E-state index contributed by atoms with van der Waals surface area (Å²) in [5.74, 6) is -1.31. The molecule has 0 bridgehead atoms. The Labute approximate surface area is 613 Å². The fraction of sp³-hybridized carbons (Fsp3) is 0.951. The minimum atomic E-state index is -4.96. The summed E-state index contributed by atoms with van der Waals surface area (Å²) in [6.07, 6.45) is 65.0. The van der Waals surface area contributed by atoms with Crippen molar-refractivity contribution in [1.29, 1.82) is 0 Å². The van der Waals surface area contributed by atoms with Crippen LogP contribution >= 0.6 is 15.6 Å². The highest BCUT2D eigenvalue weighted by molar-refractivity contribution is 7.47. The van der Waals surface area contributed by atoms with E-state index < -0.39 is 97.5 Å². The molecule has 0 aromatic heterocycles. The molecule has 0 aromatic rings. The Morgan fingerprint density at radius 2 is 0.460 bits per heavy atom. The van der Waals surface area contributed by atoms with E-state index in [4.69, 9.17) is 37.0 Å². The Kier molecular flexibility index (Phi) is 72.5. The zero-order chi connectivity index (χ0) is 73.4. The van der Waals surface area contributed by atoms with E-state index in [1.807, 2.05) is 0 Å². The summed E-state index contributed by atoms with van der Waals surface area (Å²) >= 11 is 0. The number of rotatable bonds is 81. The summed E-state index contributed by atoms with van der Waals surface area (Å²) in [4.78, 5) is 73.1. The zero-order valence-corrected chi connectivity index (χ0v) is 67.1. The maximum atomic E-state index is 13.1. The van der Waals surface area contributed by atoms with Crippen molar-refractivity contribution >= 4 is 39.5 Å². The first-order chi connectivity index (χ1) is 48.5. The second kappa shape index (κ2) is 73.9. The lowest BCUT2D eigenvalue weighted by Crippen LogP contribution is -2.30. The first-order valence-corrected chi connectivity index (χ1v) is 45.1. The van der Waals surface area contributed by atoms with Gasteiger partial charge in [-0.25, -0.2) is 9.13 Å². The van der Waals surface area contributed by atoms with Gasteiger partial charge in [-0.1, -0.05) is 381 Å². The number of phosphoric acid groups is 2. The molecule has 17 nitrogen and oxygen atoms in total. The first-order valence-electron chi connectivity index (χ1n) is 42.1. The van der Waals surface area contributed by atoms with Gasteiger partial charge < -0.3 is 33.8 Å². The number of carbonyl (C=O) groups excluding carboxylic acids is 4. The van der Waals surface area contributed by atoms with Crippen LogP contribution in [-0.4, -0.2) is 96.7 Å². The molecule has 0 amide bonds. The number of ether oxygens (including phenoxy) is 4. The third-order valence-electron chi connectivity index (χ3n) is 19.0. The van der Waals surface area contributed by atoms with Gasteiger partial charge in [0.1, 0.15) is 19.3 Å². The third kappa shape index (κ3) is 74.3. The highest BCUT2D eigenvalue weighted by Crippen LogP contribution is 2.45. The van der Waals surface area contributed by atoms with Crippen molar-refractivity contribution in [2.24, 2.45) is 5.92 Å². The molecular weight excluding hydrogens is 1310 g/mol. The highest BCUT2D eigenvalue weighted by Gasteiger charge is 2.30. The molecule has 100 heavy (non-hydrogen) atoms. The van der Waals surface area contributed by atoms with Gasteiger partial charge in [0, 0.05) is 25.7 Å². The minimum absolute atomic E-state index is 0.109. The zero-order valence-electron chi connectivity index (χ0n) is 65.3. The van der Waals surface area contributed by atoms with E-state index in [0.29, 0.717) is 25.7 Å². The molecule has 0 saturated heterocycles. The minimum Gasteiger partial charge on any atom is -0.462 e. The van der Waals surface area contributed by atoms with E-state index in [9.17, 15) is 43.2 Å². The van der Waals surface area contributed by atoms with Crippen LogP contribution in [-0.2, 0) is 65.4 Å².